The molecule has 0 aliphatic carbocycles. The molecule has 1 aromatic heterocycles. The van der Waals surface area contributed by atoms with Gasteiger partial charge >= 0.3 is 12.0 Å². The number of hydrogen-bond donors (Lipinski definition) is 3. The predicted octanol–water partition coefficient (Wildman–Crippen LogP) is -0.245. The Morgan fingerprint density at radius 1 is 1.48 bits per heavy atom. The fourth-order valence-corrected chi connectivity index (χ4v) is 1.35. The molecule has 1 heterocycles. The van der Waals surface area contributed by atoms with Crippen LogP contribution in [0.5, 0.6) is 0 Å². The zero-order chi connectivity index (χ0) is 15.7. The van der Waals surface area contributed by atoms with Crippen molar-refractivity contribution >= 4 is 12.0 Å². The molecule has 116 valence electrons. The van der Waals surface area contributed by atoms with Crippen molar-refractivity contribution in [2.75, 3.05) is 19.8 Å². The number of aromatic nitrogens is 3. The second-order valence-electron chi connectivity index (χ2n) is 4.42. The van der Waals surface area contributed by atoms with Crippen molar-refractivity contribution in [3.05, 3.63) is 24.0 Å². The first-order chi connectivity index (χ1) is 9.97. The number of carbonyl (C=O) groups excluding carboxylic acids is 1. The van der Waals surface area contributed by atoms with Crippen LogP contribution in [0.3, 0.4) is 0 Å². The van der Waals surface area contributed by atoms with Gasteiger partial charge < -0.3 is 20.5 Å². The molecule has 0 radical (unpaired) electrons. The van der Waals surface area contributed by atoms with E-state index in [-0.39, 0.29) is 19.1 Å². The maximum Gasteiger partial charge on any atom is 0.325 e. The standard InChI is InChI=1S/C12H19N5O4/c1-9(2)8-21-4-3-13-12(20)14-5-10-6-17(16-15-10)7-11(18)19/h6H,1,3-5,7-8H2,2H3,(H,18,19)(H2,13,14,20). The van der Waals surface area contributed by atoms with E-state index in [1.54, 1.807) is 0 Å². The first kappa shape index (κ1) is 16.6. The highest BCUT2D eigenvalue weighted by atomic mass is 16.5. The topological polar surface area (TPSA) is 118 Å². The summed E-state index contributed by atoms with van der Waals surface area (Å²) in [5.41, 5.74) is 1.40. The summed E-state index contributed by atoms with van der Waals surface area (Å²) in [5.74, 6) is -1.01. The van der Waals surface area contributed by atoms with Crippen LogP contribution in [0.2, 0.25) is 0 Å². The third-order valence-corrected chi connectivity index (χ3v) is 2.19. The molecule has 2 amide bonds. The number of amides is 2. The average molecular weight is 297 g/mol. The minimum atomic E-state index is -1.01. The van der Waals surface area contributed by atoms with Gasteiger partial charge in [-0.1, -0.05) is 17.4 Å². The largest absolute Gasteiger partial charge is 0.480 e. The molecule has 0 saturated heterocycles. The van der Waals surface area contributed by atoms with E-state index in [1.165, 1.54) is 10.9 Å². The first-order valence-corrected chi connectivity index (χ1v) is 6.32. The van der Waals surface area contributed by atoms with Crippen LogP contribution in [0.1, 0.15) is 12.6 Å². The van der Waals surface area contributed by atoms with Gasteiger partial charge in [0.25, 0.3) is 0 Å². The second-order valence-corrected chi connectivity index (χ2v) is 4.42. The minimum Gasteiger partial charge on any atom is -0.480 e. The zero-order valence-corrected chi connectivity index (χ0v) is 11.8. The molecule has 1 aromatic rings. The number of urea groups is 1. The van der Waals surface area contributed by atoms with Gasteiger partial charge in [0.05, 0.1) is 26.0 Å². The molecular formula is C12H19N5O4. The molecule has 0 unspecified atom stereocenters. The Kier molecular flexibility index (Phi) is 6.88. The fourth-order valence-electron chi connectivity index (χ4n) is 1.35. The van der Waals surface area contributed by atoms with Gasteiger partial charge in [-0.05, 0) is 6.92 Å². The molecule has 1 rings (SSSR count). The molecule has 0 spiro atoms. The maximum absolute atomic E-state index is 11.5. The van der Waals surface area contributed by atoms with E-state index in [2.05, 4.69) is 27.5 Å². The van der Waals surface area contributed by atoms with E-state index in [9.17, 15) is 9.59 Å². The van der Waals surface area contributed by atoms with Crippen LogP contribution in [0.25, 0.3) is 0 Å². The van der Waals surface area contributed by atoms with Crippen LogP contribution in [-0.4, -0.2) is 51.9 Å². The van der Waals surface area contributed by atoms with Crippen molar-refractivity contribution < 1.29 is 19.4 Å². The third-order valence-electron chi connectivity index (χ3n) is 2.19. The van der Waals surface area contributed by atoms with Crippen LogP contribution in [0, 0.1) is 0 Å². The summed E-state index contributed by atoms with van der Waals surface area (Å²) in [4.78, 5) is 21.9. The van der Waals surface area contributed by atoms with Crippen LogP contribution in [0.15, 0.2) is 18.3 Å². The van der Waals surface area contributed by atoms with Crippen molar-refractivity contribution in [2.45, 2.75) is 20.0 Å². The Morgan fingerprint density at radius 2 is 2.24 bits per heavy atom. The highest BCUT2D eigenvalue weighted by Gasteiger charge is 2.05. The van der Waals surface area contributed by atoms with E-state index in [0.29, 0.717) is 25.5 Å². The molecule has 21 heavy (non-hydrogen) atoms. The molecule has 0 saturated carbocycles. The lowest BCUT2D eigenvalue weighted by molar-refractivity contribution is -0.137. The molecule has 0 aromatic carbocycles. The Balaban J connectivity index is 2.16. The van der Waals surface area contributed by atoms with Crippen molar-refractivity contribution in [1.29, 1.82) is 0 Å². The average Bonchev–Trinajstić information content (AvgIpc) is 2.82. The zero-order valence-electron chi connectivity index (χ0n) is 11.8. The number of nitrogens with zero attached hydrogens (tertiary/aromatic N) is 3. The SMILES string of the molecule is C=C(C)COCCNC(=O)NCc1cn(CC(=O)O)nn1. The molecular weight excluding hydrogens is 278 g/mol. The second kappa shape index (κ2) is 8.69. The highest BCUT2D eigenvalue weighted by molar-refractivity contribution is 5.73. The van der Waals surface area contributed by atoms with Crippen LogP contribution in [0.4, 0.5) is 4.79 Å². The number of carbonyl (C=O) groups is 2. The molecule has 0 aliphatic heterocycles. The molecule has 0 aliphatic rings. The smallest absolute Gasteiger partial charge is 0.325 e. The first-order valence-electron chi connectivity index (χ1n) is 6.32. The van der Waals surface area contributed by atoms with Crippen molar-refractivity contribution in [1.82, 2.24) is 25.6 Å². The van der Waals surface area contributed by atoms with Gasteiger partial charge in [-0.25, -0.2) is 9.48 Å². The third kappa shape index (κ3) is 7.67. The van der Waals surface area contributed by atoms with Gasteiger partial charge in [0, 0.05) is 6.54 Å². The number of ether oxygens (including phenoxy) is 1. The summed E-state index contributed by atoms with van der Waals surface area (Å²) in [7, 11) is 0. The van der Waals surface area contributed by atoms with Crippen LogP contribution >= 0.6 is 0 Å². The molecule has 0 atom stereocenters. The van der Waals surface area contributed by atoms with E-state index in [4.69, 9.17) is 9.84 Å². The summed E-state index contributed by atoms with van der Waals surface area (Å²) in [6.07, 6.45) is 1.46. The van der Waals surface area contributed by atoms with Crippen molar-refractivity contribution in [2.24, 2.45) is 0 Å². The number of rotatable bonds is 9. The summed E-state index contributed by atoms with van der Waals surface area (Å²) < 4.78 is 6.41. The highest BCUT2D eigenvalue weighted by Crippen LogP contribution is 1.92. The van der Waals surface area contributed by atoms with Gasteiger partial charge in [0.2, 0.25) is 0 Å². The summed E-state index contributed by atoms with van der Waals surface area (Å²) in [6.45, 7) is 6.70. The number of carboxylic acids is 1. The normalized spacial score (nSPS) is 10.1. The monoisotopic (exact) mass is 297 g/mol. The van der Waals surface area contributed by atoms with Crippen molar-refractivity contribution in [3.63, 3.8) is 0 Å². The molecule has 0 bridgehead atoms. The predicted molar refractivity (Wildman–Crippen MR) is 73.5 cm³/mol. The Labute approximate surface area is 122 Å². The van der Waals surface area contributed by atoms with Crippen molar-refractivity contribution in [3.8, 4) is 0 Å². The lowest BCUT2D eigenvalue weighted by Crippen LogP contribution is -2.37. The van der Waals surface area contributed by atoms with Gasteiger partial charge in [-0.3, -0.25) is 4.79 Å². The summed E-state index contributed by atoms with van der Waals surface area (Å²) in [5, 5.41) is 21.1. The summed E-state index contributed by atoms with van der Waals surface area (Å²) in [6, 6.07) is -0.360. The fraction of sp³-hybridized carbons (Fsp3) is 0.500. The lowest BCUT2D eigenvalue weighted by atomic mass is 10.4. The Morgan fingerprint density at radius 3 is 2.90 bits per heavy atom. The van der Waals surface area contributed by atoms with Gasteiger partial charge in [-0.15, -0.1) is 5.10 Å². The molecule has 0 fully saturated rings. The Bertz CT molecular complexity index is 500. The lowest BCUT2D eigenvalue weighted by Gasteiger charge is -2.07. The molecule has 9 nitrogen and oxygen atoms in total. The molecule has 9 heteroatoms. The van der Waals surface area contributed by atoms with Gasteiger partial charge in [-0.2, -0.15) is 0 Å². The number of nitrogens with one attached hydrogen (secondary N) is 2. The van der Waals surface area contributed by atoms with Crippen LogP contribution in [-0.2, 0) is 22.6 Å². The number of hydrogen-bond acceptors (Lipinski definition) is 5. The van der Waals surface area contributed by atoms with E-state index in [1.807, 2.05) is 6.92 Å². The Hall–Kier alpha value is -2.42. The number of aliphatic carboxylic acids is 1. The molecule has 3 N–H and O–H groups in total. The number of carboxylic acid groups (broad SMARTS) is 1. The maximum atomic E-state index is 11.5. The van der Waals surface area contributed by atoms with E-state index >= 15 is 0 Å². The van der Waals surface area contributed by atoms with E-state index < -0.39 is 5.97 Å². The minimum absolute atomic E-state index is 0.165. The van der Waals surface area contributed by atoms with Gasteiger partial charge in [0.1, 0.15) is 12.2 Å². The summed E-state index contributed by atoms with van der Waals surface area (Å²) >= 11 is 0. The van der Waals surface area contributed by atoms with Crippen LogP contribution < -0.4 is 10.6 Å². The van der Waals surface area contributed by atoms with Gasteiger partial charge in [0.15, 0.2) is 0 Å². The quantitative estimate of drug-likeness (QED) is 0.427. The van der Waals surface area contributed by atoms with E-state index in [0.717, 1.165) is 5.57 Å².